The quantitative estimate of drug-likeness (QED) is 0.803. The highest BCUT2D eigenvalue weighted by Crippen LogP contribution is 2.30. The fourth-order valence-electron chi connectivity index (χ4n) is 2.47. The van der Waals surface area contributed by atoms with Crippen LogP contribution in [0.4, 0.5) is 5.69 Å². The Morgan fingerprint density at radius 2 is 2.12 bits per heavy atom. The molecule has 0 saturated carbocycles. The molecule has 0 radical (unpaired) electrons. The number of hydrogen-bond donors (Lipinski definition) is 3. The largest absolute Gasteiger partial charge is 0.482 e. The topological polar surface area (TPSA) is 96.1 Å². The van der Waals surface area contributed by atoms with Crippen LogP contribution in [-0.4, -0.2) is 28.4 Å². The number of anilines is 1. The Balaban J connectivity index is 1.72. The Morgan fingerprint density at radius 3 is 2.83 bits per heavy atom. The lowest BCUT2D eigenvalue weighted by molar-refractivity contribution is -0.118. The van der Waals surface area contributed by atoms with Crippen LogP contribution in [0.2, 0.25) is 0 Å². The van der Waals surface area contributed by atoms with Crippen molar-refractivity contribution in [2.45, 2.75) is 32.7 Å². The van der Waals surface area contributed by atoms with Crippen molar-refractivity contribution in [3.05, 3.63) is 41.5 Å². The Bertz CT molecular complexity index is 782. The number of hydrogen-bond acceptors (Lipinski definition) is 4. The summed E-state index contributed by atoms with van der Waals surface area (Å²) in [6, 6.07) is 5.24. The molecule has 1 aromatic carbocycles. The predicted octanol–water partition coefficient (Wildman–Crippen LogP) is 2.35. The number of ether oxygens (including phenoxy) is 1. The number of H-pyrrole nitrogens is 1. The van der Waals surface area contributed by atoms with Gasteiger partial charge in [0.15, 0.2) is 6.61 Å². The van der Waals surface area contributed by atoms with Crippen molar-refractivity contribution >= 4 is 17.5 Å². The van der Waals surface area contributed by atoms with E-state index in [2.05, 4.69) is 20.6 Å². The standard InChI is InChI=1S/C17H20N4O3/c1-9(2)16-18-7-13(21-16)17(23)19-10(3)11-4-5-14-12(6-11)20-15(22)8-24-14/h4-7,9-10H,8H2,1-3H3,(H,18,21)(H,19,23)(H,20,22). The summed E-state index contributed by atoms with van der Waals surface area (Å²) in [5, 5.41) is 5.68. The molecule has 126 valence electrons. The number of nitrogens with one attached hydrogen (secondary N) is 3. The van der Waals surface area contributed by atoms with Gasteiger partial charge in [-0.25, -0.2) is 4.98 Å². The molecule has 3 N–H and O–H groups in total. The minimum absolute atomic E-state index is 0.0244. The molecule has 1 atom stereocenters. The third-order valence-corrected chi connectivity index (χ3v) is 3.87. The lowest BCUT2D eigenvalue weighted by atomic mass is 10.1. The SMILES string of the molecule is CC(C)c1ncc(C(=O)NC(C)c2ccc3c(c2)NC(=O)CO3)[nH]1. The third-order valence-electron chi connectivity index (χ3n) is 3.87. The van der Waals surface area contributed by atoms with E-state index in [1.165, 1.54) is 6.20 Å². The van der Waals surface area contributed by atoms with Gasteiger partial charge in [-0.2, -0.15) is 0 Å². The normalized spacial score (nSPS) is 14.6. The third kappa shape index (κ3) is 3.24. The van der Waals surface area contributed by atoms with Crippen molar-refractivity contribution in [2.75, 3.05) is 11.9 Å². The van der Waals surface area contributed by atoms with E-state index in [1.54, 1.807) is 6.07 Å². The lowest BCUT2D eigenvalue weighted by Crippen LogP contribution is -2.28. The molecule has 2 heterocycles. The van der Waals surface area contributed by atoms with Crippen molar-refractivity contribution in [3.63, 3.8) is 0 Å². The Labute approximate surface area is 139 Å². The molecule has 0 bridgehead atoms. The van der Waals surface area contributed by atoms with E-state index in [1.807, 2.05) is 32.9 Å². The van der Waals surface area contributed by atoms with E-state index in [0.29, 0.717) is 17.1 Å². The zero-order valence-corrected chi connectivity index (χ0v) is 13.8. The highest BCUT2D eigenvalue weighted by molar-refractivity contribution is 5.95. The molecule has 0 fully saturated rings. The van der Waals surface area contributed by atoms with E-state index in [9.17, 15) is 9.59 Å². The minimum atomic E-state index is -0.229. The molecule has 24 heavy (non-hydrogen) atoms. The molecule has 1 aliphatic heterocycles. The number of fused-ring (bicyclic) bond motifs is 1. The van der Waals surface area contributed by atoms with E-state index in [-0.39, 0.29) is 30.4 Å². The molecule has 1 aromatic heterocycles. The average Bonchev–Trinajstić information content (AvgIpc) is 3.04. The van der Waals surface area contributed by atoms with Crippen LogP contribution in [0.15, 0.2) is 24.4 Å². The smallest absolute Gasteiger partial charge is 0.269 e. The fraction of sp³-hybridized carbons (Fsp3) is 0.353. The second kappa shape index (κ2) is 6.35. The molecule has 2 amide bonds. The molecular weight excluding hydrogens is 308 g/mol. The first kappa shape index (κ1) is 16.0. The highest BCUT2D eigenvalue weighted by atomic mass is 16.5. The number of aromatic nitrogens is 2. The summed E-state index contributed by atoms with van der Waals surface area (Å²) in [6.45, 7) is 5.92. The average molecular weight is 328 g/mol. The van der Waals surface area contributed by atoms with Gasteiger partial charge < -0.3 is 20.4 Å². The summed E-state index contributed by atoms with van der Waals surface area (Å²) in [6.07, 6.45) is 1.54. The Hall–Kier alpha value is -2.83. The number of nitrogens with zero attached hydrogens (tertiary/aromatic N) is 1. The van der Waals surface area contributed by atoms with E-state index >= 15 is 0 Å². The molecule has 3 rings (SSSR count). The molecule has 0 saturated heterocycles. The lowest BCUT2D eigenvalue weighted by Gasteiger charge is -2.20. The number of carbonyl (C=O) groups excluding carboxylic acids is 2. The summed E-state index contributed by atoms with van der Waals surface area (Å²) in [7, 11) is 0. The zero-order chi connectivity index (χ0) is 17.3. The molecule has 7 nitrogen and oxygen atoms in total. The molecular formula is C17H20N4O3. The van der Waals surface area contributed by atoms with E-state index in [4.69, 9.17) is 4.74 Å². The monoisotopic (exact) mass is 328 g/mol. The first-order valence-corrected chi connectivity index (χ1v) is 7.86. The summed E-state index contributed by atoms with van der Waals surface area (Å²) in [5.74, 6) is 1.23. The minimum Gasteiger partial charge on any atom is -0.482 e. The zero-order valence-electron chi connectivity index (χ0n) is 13.8. The number of rotatable bonds is 4. The van der Waals surface area contributed by atoms with Gasteiger partial charge in [0.1, 0.15) is 17.3 Å². The van der Waals surface area contributed by atoms with Crippen LogP contribution in [0, 0.1) is 0 Å². The summed E-state index contributed by atoms with van der Waals surface area (Å²) < 4.78 is 5.33. The molecule has 0 aliphatic carbocycles. The van der Waals surface area contributed by atoms with Crippen LogP contribution in [0.25, 0.3) is 0 Å². The first-order valence-electron chi connectivity index (χ1n) is 7.86. The molecule has 1 aliphatic rings. The van der Waals surface area contributed by atoms with Crippen molar-refractivity contribution in [3.8, 4) is 5.75 Å². The van der Waals surface area contributed by atoms with Crippen LogP contribution in [0.5, 0.6) is 5.75 Å². The number of carbonyl (C=O) groups is 2. The molecule has 2 aromatic rings. The number of benzene rings is 1. The summed E-state index contributed by atoms with van der Waals surface area (Å²) in [5.41, 5.74) is 1.92. The van der Waals surface area contributed by atoms with Crippen LogP contribution in [0.1, 0.15) is 54.6 Å². The maximum atomic E-state index is 12.3. The number of amides is 2. The van der Waals surface area contributed by atoms with Gasteiger partial charge in [0, 0.05) is 5.92 Å². The van der Waals surface area contributed by atoms with Gasteiger partial charge in [-0.3, -0.25) is 9.59 Å². The van der Waals surface area contributed by atoms with E-state index < -0.39 is 0 Å². The van der Waals surface area contributed by atoms with Gasteiger partial charge in [-0.1, -0.05) is 19.9 Å². The summed E-state index contributed by atoms with van der Waals surface area (Å²) >= 11 is 0. The second-order valence-corrected chi connectivity index (χ2v) is 6.12. The predicted molar refractivity (Wildman–Crippen MR) is 89.1 cm³/mol. The van der Waals surface area contributed by atoms with Gasteiger partial charge in [0.05, 0.1) is 17.9 Å². The van der Waals surface area contributed by atoms with Gasteiger partial charge in [0.2, 0.25) is 0 Å². The van der Waals surface area contributed by atoms with Crippen LogP contribution < -0.4 is 15.4 Å². The van der Waals surface area contributed by atoms with E-state index in [0.717, 1.165) is 11.4 Å². The highest BCUT2D eigenvalue weighted by Gasteiger charge is 2.19. The van der Waals surface area contributed by atoms with Crippen molar-refractivity contribution in [1.29, 1.82) is 0 Å². The van der Waals surface area contributed by atoms with Crippen LogP contribution in [0.3, 0.4) is 0 Å². The van der Waals surface area contributed by atoms with Gasteiger partial charge >= 0.3 is 0 Å². The van der Waals surface area contributed by atoms with Crippen molar-refractivity contribution < 1.29 is 14.3 Å². The van der Waals surface area contributed by atoms with Crippen molar-refractivity contribution in [1.82, 2.24) is 15.3 Å². The van der Waals surface area contributed by atoms with Gasteiger partial charge in [-0.05, 0) is 24.6 Å². The first-order chi connectivity index (χ1) is 11.4. The second-order valence-electron chi connectivity index (χ2n) is 6.12. The maximum absolute atomic E-state index is 12.3. The molecule has 7 heteroatoms. The van der Waals surface area contributed by atoms with Gasteiger partial charge in [0.25, 0.3) is 11.8 Å². The molecule has 1 unspecified atom stereocenters. The van der Waals surface area contributed by atoms with Crippen LogP contribution >= 0.6 is 0 Å². The number of aromatic amines is 1. The van der Waals surface area contributed by atoms with Gasteiger partial charge in [-0.15, -0.1) is 0 Å². The van der Waals surface area contributed by atoms with Crippen LogP contribution in [-0.2, 0) is 4.79 Å². The molecule has 0 spiro atoms. The fourth-order valence-corrected chi connectivity index (χ4v) is 2.47. The summed E-state index contributed by atoms with van der Waals surface area (Å²) in [4.78, 5) is 31.0. The van der Waals surface area contributed by atoms with Crippen molar-refractivity contribution in [2.24, 2.45) is 0 Å². The Kier molecular flexibility index (Phi) is 4.24. The maximum Gasteiger partial charge on any atom is 0.269 e. The Morgan fingerprint density at radius 1 is 1.33 bits per heavy atom. The number of imidazole rings is 1.